The molecular weight excluding hydrogens is 336 g/mol. The van der Waals surface area contributed by atoms with Crippen molar-refractivity contribution >= 4 is 39.3 Å². The fourth-order valence-electron chi connectivity index (χ4n) is 1.74. The minimum absolute atomic E-state index is 0.0185. The van der Waals surface area contributed by atoms with E-state index in [9.17, 15) is 13.5 Å². The van der Waals surface area contributed by atoms with E-state index in [1.54, 1.807) is 0 Å². The van der Waals surface area contributed by atoms with E-state index in [0.717, 1.165) is 15.9 Å². The molecule has 3 N–H and O–H groups in total. The Balaban J connectivity index is 2.11. The molecule has 2 aromatic rings. The zero-order valence-corrected chi connectivity index (χ0v) is 13.8. The van der Waals surface area contributed by atoms with Crippen molar-refractivity contribution in [2.45, 2.75) is 0 Å². The molecule has 0 unspecified atom stereocenters. The summed E-state index contributed by atoms with van der Waals surface area (Å²) in [7, 11) is -3.57. The average molecular weight is 351 g/mol. The van der Waals surface area contributed by atoms with Gasteiger partial charge in [0.05, 0.1) is 6.26 Å². The minimum Gasteiger partial charge on any atom is -0.502 e. The minimum atomic E-state index is -3.57. The first-order chi connectivity index (χ1) is 10.9. The quantitative estimate of drug-likeness (QED) is 0.327. The van der Waals surface area contributed by atoms with E-state index in [2.05, 4.69) is 15.8 Å². The summed E-state index contributed by atoms with van der Waals surface area (Å²) < 4.78 is 24.3. The van der Waals surface area contributed by atoms with Crippen LogP contribution in [0.4, 0.5) is 5.69 Å². The maximum absolute atomic E-state index is 11.7. The van der Waals surface area contributed by atoms with E-state index < -0.39 is 10.0 Å². The van der Waals surface area contributed by atoms with Crippen LogP contribution in [-0.4, -0.2) is 31.1 Å². The Hall–Kier alpha value is -2.52. The zero-order chi connectivity index (χ0) is 16.9. The number of hydrogen-bond acceptors (Lipinski definition) is 5. The van der Waals surface area contributed by atoms with E-state index >= 15 is 0 Å². The second kappa shape index (κ2) is 7.16. The van der Waals surface area contributed by atoms with Crippen molar-refractivity contribution in [2.75, 3.05) is 11.6 Å². The smallest absolute Gasteiger partial charge is 0.367 e. The molecule has 1 aromatic heterocycles. The highest BCUT2D eigenvalue weighted by molar-refractivity contribution is 7.84. The first-order valence-electron chi connectivity index (χ1n) is 6.47. The number of thiocarbonyl (C=S) groups is 1. The van der Waals surface area contributed by atoms with E-state index in [4.69, 9.17) is 12.2 Å². The van der Waals surface area contributed by atoms with Crippen molar-refractivity contribution in [3.63, 3.8) is 0 Å². The summed E-state index contributed by atoms with van der Waals surface area (Å²) in [5.41, 5.74) is 3.36. The maximum Gasteiger partial charge on any atom is 0.367 e. The van der Waals surface area contributed by atoms with Gasteiger partial charge in [0.1, 0.15) is 6.21 Å². The fraction of sp³-hybridized carbons (Fsp3) is 0.0714. The van der Waals surface area contributed by atoms with Crippen molar-refractivity contribution in [3.8, 4) is 5.75 Å². The molecule has 0 fully saturated rings. The largest absolute Gasteiger partial charge is 0.502 e. The second-order valence-corrected chi connectivity index (χ2v) is 6.80. The molecular formula is C14H15N4O3S2+. The predicted octanol–water partition coefficient (Wildman–Crippen LogP) is 0.808. The molecule has 7 nitrogen and oxygen atoms in total. The van der Waals surface area contributed by atoms with Crippen LogP contribution in [0.15, 0.2) is 53.8 Å². The van der Waals surface area contributed by atoms with Gasteiger partial charge in [0.25, 0.3) is 5.69 Å². The Labute approximate surface area is 139 Å². The first kappa shape index (κ1) is 16.8. The zero-order valence-electron chi connectivity index (χ0n) is 12.2. The number of benzene rings is 1. The summed E-state index contributed by atoms with van der Waals surface area (Å²) in [4.78, 5) is 0. The van der Waals surface area contributed by atoms with Crippen molar-refractivity contribution in [1.29, 1.82) is 0 Å². The fourth-order valence-corrected chi connectivity index (χ4v) is 2.70. The molecule has 0 amide bonds. The number of hydrazone groups is 1. The predicted molar refractivity (Wildman–Crippen MR) is 91.9 cm³/mol. The molecule has 1 heterocycles. The number of hydrogen-bond donors (Lipinski definition) is 3. The van der Waals surface area contributed by atoms with Gasteiger partial charge in [-0.2, -0.15) is 13.5 Å². The van der Waals surface area contributed by atoms with Gasteiger partial charge in [-0.3, -0.25) is 5.43 Å². The van der Waals surface area contributed by atoms with Crippen molar-refractivity contribution < 1.29 is 17.5 Å². The topological polar surface area (TPSA) is 94.7 Å². The Morgan fingerprint density at radius 1 is 1.26 bits per heavy atom. The van der Waals surface area contributed by atoms with Crippen LogP contribution in [0.5, 0.6) is 5.75 Å². The molecule has 0 saturated heterocycles. The molecule has 120 valence electrons. The van der Waals surface area contributed by atoms with Crippen molar-refractivity contribution in [3.05, 3.63) is 54.4 Å². The average Bonchev–Trinajstić information content (AvgIpc) is 2.48. The summed E-state index contributed by atoms with van der Waals surface area (Å²) >= 11 is 5.07. The van der Waals surface area contributed by atoms with Gasteiger partial charge in [0.2, 0.25) is 0 Å². The van der Waals surface area contributed by atoms with Crippen LogP contribution < -0.4 is 14.7 Å². The molecule has 0 radical (unpaired) electrons. The summed E-state index contributed by atoms with van der Waals surface area (Å²) in [6.45, 7) is 0. The Morgan fingerprint density at radius 3 is 2.61 bits per heavy atom. The van der Waals surface area contributed by atoms with E-state index in [1.807, 2.05) is 30.3 Å². The number of anilines is 1. The Morgan fingerprint density at radius 2 is 1.96 bits per heavy atom. The third-order valence-electron chi connectivity index (χ3n) is 2.72. The Bertz CT molecular complexity index is 836. The van der Waals surface area contributed by atoms with E-state index in [1.165, 1.54) is 24.5 Å². The van der Waals surface area contributed by atoms with Crippen LogP contribution in [0, 0.1) is 0 Å². The summed E-state index contributed by atoms with van der Waals surface area (Å²) in [6, 6.07) is 12.0. The highest BCUT2D eigenvalue weighted by atomic mass is 32.2. The van der Waals surface area contributed by atoms with Gasteiger partial charge in [-0.25, -0.2) is 0 Å². The SMILES string of the molecule is CS(=O)(=O)[n+]1cccc(O)c1C=NNC(=S)Nc1ccccc1. The monoisotopic (exact) mass is 351 g/mol. The number of para-hydroxylation sites is 1. The van der Waals surface area contributed by atoms with Gasteiger partial charge in [-0.1, -0.05) is 22.2 Å². The van der Waals surface area contributed by atoms with E-state index in [-0.39, 0.29) is 16.6 Å². The number of aromatic hydroxyl groups is 1. The lowest BCUT2D eigenvalue weighted by Crippen LogP contribution is -2.45. The van der Waals surface area contributed by atoms with Crippen LogP contribution in [0.25, 0.3) is 0 Å². The molecule has 0 saturated carbocycles. The molecule has 9 heteroatoms. The normalized spacial score (nSPS) is 11.3. The third-order valence-corrected chi connectivity index (χ3v) is 3.94. The van der Waals surface area contributed by atoms with Crippen LogP contribution in [0.1, 0.15) is 5.69 Å². The molecule has 0 aliphatic carbocycles. The van der Waals surface area contributed by atoms with Gasteiger partial charge < -0.3 is 10.4 Å². The second-order valence-electron chi connectivity index (χ2n) is 4.53. The standard InChI is InChI=1S/C14H14N4O3S2/c1-23(20,21)18-9-5-8-13(19)12(18)10-15-17-14(22)16-11-6-3-2-4-7-11/h2-10H,1H3,(H2,16,19,22)/p+1. The van der Waals surface area contributed by atoms with Gasteiger partial charge in [-0.05, 0) is 30.4 Å². The number of nitrogens with one attached hydrogen (secondary N) is 2. The molecule has 0 bridgehead atoms. The summed E-state index contributed by atoms with van der Waals surface area (Å²) in [5, 5.41) is 16.8. The van der Waals surface area contributed by atoms with Gasteiger partial charge in [0, 0.05) is 11.8 Å². The maximum atomic E-state index is 11.7. The molecule has 0 aliphatic heterocycles. The lowest BCUT2D eigenvalue weighted by Gasteiger charge is -2.06. The molecule has 2 rings (SSSR count). The molecule has 0 aliphatic rings. The van der Waals surface area contributed by atoms with Crippen molar-refractivity contribution in [2.24, 2.45) is 5.10 Å². The van der Waals surface area contributed by atoms with Crippen LogP contribution in [0.2, 0.25) is 0 Å². The van der Waals surface area contributed by atoms with Crippen LogP contribution >= 0.6 is 12.2 Å². The molecule has 0 spiro atoms. The Kier molecular flexibility index (Phi) is 5.24. The highest BCUT2D eigenvalue weighted by Gasteiger charge is 2.22. The summed E-state index contributed by atoms with van der Waals surface area (Å²) in [5.74, 6) is -0.217. The number of nitrogens with zero attached hydrogens (tertiary/aromatic N) is 2. The lowest BCUT2D eigenvalue weighted by molar-refractivity contribution is -0.512. The molecule has 23 heavy (non-hydrogen) atoms. The third kappa shape index (κ3) is 4.73. The number of rotatable bonds is 4. The van der Waals surface area contributed by atoms with Crippen molar-refractivity contribution in [1.82, 2.24) is 5.43 Å². The highest BCUT2D eigenvalue weighted by Crippen LogP contribution is 2.09. The van der Waals surface area contributed by atoms with E-state index in [0.29, 0.717) is 0 Å². The van der Waals surface area contributed by atoms with Crippen LogP contribution in [-0.2, 0) is 10.0 Å². The lowest BCUT2D eigenvalue weighted by atomic mass is 10.3. The molecule has 0 atom stereocenters. The van der Waals surface area contributed by atoms with Gasteiger partial charge in [0.15, 0.2) is 17.1 Å². The van der Waals surface area contributed by atoms with Crippen LogP contribution in [0.3, 0.4) is 0 Å². The van der Waals surface area contributed by atoms with Gasteiger partial charge in [-0.15, -0.1) is 0 Å². The first-order valence-corrected chi connectivity index (χ1v) is 8.73. The molecule has 1 aromatic carbocycles. The number of pyridine rings is 1. The summed E-state index contributed by atoms with van der Waals surface area (Å²) in [6.07, 6.45) is 3.52. The number of aromatic nitrogens is 1. The van der Waals surface area contributed by atoms with Gasteiger partial charge >= 0.3 is 10.0 Å².